The van der Waals surface area contributed by atoms with Crippen molar-refractivity contribution in [2.24, 2.45) is 0 Å². The number of ether oxygens (including phenoxy) is 1. The molecule has 0 aromatic carbocycles. The number of hydrogen-bond donors (Lipinski definition) is 0. The highest BCUT2D eigenvalue weighted by Crippen LogP contribution is 2.30. The van der Waals surface area contributed by atoms with E-state index in [0.717, 1.165) is 11.9 Å². The lowest BCUT2D eigenvalue weighted by molar-refractivity contribution is 0.308. The molecule has 1 saturated heterocycles. The van der Waals surface area contributed by atoms with Crippen LogP contribution in [-0.4, -0.2) is 17.5 Å². The van der Waals surface area contributed by atoms with Crippen LogP contribution in [0.2, 0.25) is 0 Å². The molecular formula is C6H11BrO. The van der Waals surface area contributed by atoms with E-state index in [4.69, 9.17) is 4.74 Å². The Labute approximate surface area is 58.5 Å². The van der Waals surface area contributed by atoms with E-state index in [2.05, 4.69) is 22.9 Å². The number of epoxide rings is 1. The summed E-state index contributed by atoms with van der Waals surface area (Å²) in [5.41, 5.74) is 0.272. The standard InChI is InChI=1S/C6H11BrO/c1-6(5-8-6)3-2-4-7/h2-5H2,1H3. The quantitative estimate of drug-likeness (QED) is 0.476. The van der Waals surface area contributed by atoms with Crippen LogP contribution >= 0.6 is 15.9 Å². The molecule has 0 amide bonds. The van der Waals surface area contributed by atoms with Gasteiger partial charge in [-0.25, -0.2) is 0 Å². The first kappa shape index (κ1) is 6.56. The average molecular weight is 179 g/mol. The second-order valence-corrected chi connectivity index (χ2v) is 3.32. The summed E-state index contributed by atoms with van der Waals surface area (Å²) >= 11 is 3.37. The Kier molecular flexibility index (Phi) is 1.93. The van der Waals surface area contributed by atoms with E-state index in [1.807, 2.05) is 0 Å². The molecule has 1 fully saturated rings. The molecule has 2 heteroatoms. The van der Waals surface area contributed by atoms with Gasteiger partial charge >= 0.3 is 0 Å². The van der Waals surface area contributed by atoms with E-state index in [-0.39, 0.29) is 5.60 Å². The first-order valence-corrected chi connectivity index (χ1v) is 4.09. The minimum Gasteiger partial charge on any atom is -0.370 e. The minimum absolute atomic E-state index is 0.272. The maximum absolute atomic E-state index is 5.18. The fourth-order valence-corrected chi connectivity index (χ4v) is 0.989. The van der Waals surface area contributed by atoms with Crippen molar-refractivity contribution in [2.75, 3.05) is 11.9 Å². The highest BCUT2D eigenvalue weighted by molar-refractivity contribution is 9.09. The molecule has 1 heterocycles. The SMILES string of the molecule is CC1(CCCBr)CO1. The lowest BCUT2D eigenvalue weighted by Gasteiger charge is -1.99. The number of rotatable bonds is 3. The maximum Gasteiger partial charge on any atom is 0.0888 e. The fraction of sp³-hybridized carbons (Fsp3) is 1.00. The first-order valence-electron chi connectivity index (χ1n) is 2.97. The summed E-state index contributed by atoms with van der Waals surface area (Å²) in [4.78, 5) is 0. The molecule has 0 aliphatic carbocycles. The highest BCUT2D eigenvalue weighted by atomic mass is 79.9. The van der Waals surface area contributed by atoms with Gasteiger partial charge in [-0.1, -0.05) is 15.9 Å². The van der Waals surface area contributed by atoms with Crippen LogP contribution in [0.15, 0.2) is 0 Å². The molecule has 8 heavy (non-hydrogen) atoms. The summed E-state index contributed by atoms with van der Waals surface area (Å²) in [6.07, 6.45) is 2.44. The van der Waals surface area contributed by atoms with E-state index >= 15 is 0 Å². The molecule has 0 aromatic heterocycles. The van der Waals surface area contributed by atoms with Gasteiger partial charge in [0.25, 0.3) is 0 Å². The van der Waals surface area contributed by atoms with Crippen LogP contribution in [0.4, 0.5) is 0 Å². The molecule has 1 atom stereocenters. The third kappa shape index (κ3) is 1.75. The summed E-state index contributed by atoms with van der Waals surface area (Å²) in [7, 11) is 0. The smallest absolute Gasteiger partial charge is 0.0888 e. The molecule has 0 spiro atoms. The Morgan fingerprint density at radius 3 is 2.75 bits per heavy atom. The molecule has 0 radical (unpaired) electrons. The molecule has 0 saturated carbocycles. The monoisotopic (exact) mass is 178 g/mol. The van der Waals surface area contributed by atoms with Crippen molar-refractivity contribution in [1.82, 2.24) is 0 Å². The number of hydrogen-bond acceptors (Lipinski definition) is 1. The van der Waals surface area contributed by atoms with Crippen LogP contribution in [0.1, 0.15) is 19.8 Å². The molecule has 1 aliphatic heterocycles. The van der Waals surface area contributed by atoms with Crippen LogP contribution in [-0.2, 0) is 4.74 Å². The fourth-order valence-electron chi connectivity index (χ4n) is 0.708. The zero-order valence-electron chi connectivity index (χ0n) is 5.11. The Morgan fingerprint density at radius 1 is 1.75 bits per heavy atom. The predicted octanol–water partition coefficient (Wildman–Crippen LogP) is 1.95. The van der Waals surface area contributed by atoms with E-state index in [0.29, 0.717) is 0 Å². The minimum atomic E-state index is 0.272. The first-order chi connectivity index (χ1) is 3.77. The number of halogens is 1. The van der Waals surface area contributed by atoms with Gasteiger partial charge in [-0.3, -0.25) is 0 Å². The third-order valence-corrected chi connectivity index (χ3v) is 2.04. The van der Waals surface area contributed by atoms with Gasteiger partial charge in [0, 0.05) is 5.33 Å². The van der Waals surface area contributed by atoms with Gasteiger partial charge in [0.2, 0.25) is 0 Å². The molecule has 0 aromatic rings. The summed E-state index contributed by atoms with van der Waals surface area (Å²) in [5, 5.41) is 1.10. The molecule has 1 unspecified atom stereocenters. The van der Waals surface area contributed by atoms with Gasteiger partial charge in [-0.2, -0.15) is 0 Å². The average Bonchev–Trinajstić information content (AvgIpc) is 2.45. The summed E-state index contributed by atoms with van der Waals surface area (Å²) < 4.78 is 5.18. The zero-order valence-corrected chi connectivity index (χ0v) is 6.70. The molecule has 1 rings (SSSR count). The largest absolute Gasteiger partial charge is 0.370 e. The van der Waals surface area contributed by atoms with Crippen LogP contribution in [0.25, 0.3) is 0 Å². The topological polar surface area (TPSA) is 12.5 Å². The second-order valence-electron chi connectivity index (χ2n) is 2.53. The Hall–Kier alpha value is 0.440. The van der Waals surface area contributed by atoms with E-state index in [9.17, 15) is 0 Å². The van der Waals surface area contributed by atoms with Crippen molar-refractivity contribution in [3.05, 3.63) is 0 Å². The number of alkyl halides is 1. The van der Waals surface area contributed by atoms with Crippen LogP contribution < -0.4 is 0 Å². The van der Waals surface area contributed by atoms with Crippen LogP contribution in [0.3, 0.4) is 0 Å². The molecule has 48 valence electrons. The molecule has 1 aliphatic rings. The molecule has 1 nitrogen and oxygen atoms in total. The summed E-state index contributed by atoms with van der Waals surface area (Å²) in [6, 6.07) is 0. The second kappa shape index (κ2) is 2.36. The molecule has 0 bridgehead atoms. The van der Waals surface area contributed by atoms with Gasteiger partial charge < -0.3 is 4.74 Å². The van der Waals surface area contributed by atoms with Crippen LogP contribution in [0, 0.1) is 0 Å². The lowest BCUT2D eigenvalue weighted by atomic mass is 10.1. The van der Waals surface area contributed by atoms with Crippen molar-refractivity contribution in [3.8, 4) is 0 Å². The highest BCUT2D eigenvalue weighted by Gasteiger charge is 2.37. The Morgan fingerprint density at radius 2 is 2.38 bits per heavy atom. The normalized spacial score (nSPS) is 35.2. The summed E-state index contributed by atoms with van der Waals surface area (Å²) in [5.74, 6) is 0. The van der Waals surface area contributed by atoms with Crippen molar-refractivity contribution in [3.63, 3.8) is 0 Å². The van der Waals surface area contributed by atoms with Gasteiger partial charge in [-0.05, 0) is 19.8 Å². The molecular weight excluding hydrogens is 168 g/mol. The lowest BCUT2D eigenvalue weighted by Crippen LogP contribution is -2.02. The van der Waals surface area contributed by atoms with E-state index in [1.54, 1.807) is 0 Å². The van der Waals surface area contributed by atoms with Gasteiger partial charge in [0.1, 0.15) is 0 Å². The van der Waals surface area contributed by atoms with E-state index < -0.39 is 0 Å². The van der Waals surface area contributed by atoms with Crippen molar-refractivity contribution >= 4 is 15.9 Å². The van der Waals surface area contributed by atoms with E-state index in [1.165, 1.54) is 12.8 Å². The summed E-state index contributed by atoms with van der Waals surface area (Å²) in [6.45, 7) is 3.13. The molecule has 0 N–H and O–H groups in total. The predicted molar refractivity (Wildman–Crippen MR) is 37.4 cm³/mol. The van der Waals surface area contributed by atoms with Crippen molar-refractivity contribution < 1.29 is 4.74 Å². The van der Waals surface area contributed by atoms with Crippen LogP contribution in [0.5, 0.6) is 0 Å². The van der Waals surface area contributed by atoms with Crippen molar-refractivity contribution in [1.29, 1.82) is 0 Å². The van der Waals surface area contributed by atoms with Crippen molar-refractivity contribution in [2.45, 2.75) is 25.4 Å². The van der Waals surface area contributed by atoms with Gasteiger partial charge in [0.15, 0.2) is 0 Å². The van der Waals surface area contributed by atoms with Gasteiger partial charge in [0.05, 0.1) is 12.2 Å². The Balaban J connectivity index is 2.01. The third-order valence-electron chi connectivity index (χ3n) is 1.48. The zero-order chi connectivity index (χ0) is 6.04. The van der Waals surface area contributed by atoms with Gasteiger partial charge in [-0.15, -0.1) is 0 Å². The Bertz CT molecular complexity index is 78.6. The maximum atomic E-state index is 5.18.